The summed E-state index contributed by atoms with van der Waals surface area (Å²) in [7, 11) is 0. The lowest BCUT2D eigenvalue weighted by molar-refractivity contribution is -0.146. The molecule has 10 heteroatoms. The van der Waals surface area contributed by atoms with Crippen LogP contribution in [0.15, 0.2) is 24.4 Å². The third-order valence-electron chi connectivity index (χ3n) is 4.92. The van der Waals surface area contributed by atoms with Crippen molar-refractivity contribution in [1.82, 2.24) is 19.9 Å². The Hall–Kier alpha value is -2.46. The molecule has 0 spiro atoms. The molecule has 1 fully saturated rings. The van der Waals surface area contributed by atoms with Gasteiger partial charge >= 0.3 is 6.18 Å². The summed E-state index contributed by atoms with van der Waals surface area (Å²) in [5.74, 6) is -0.441. The number of fused-ring (bicyclic) bond motifs is 1. The van der Waals surface area contributed by atoms with E-state index in [1.807, 2.05) is 0 Å². The minimum atomic E-state index is -4.26. The number of nitrogens with one attached hydrogen (secondary N) is 1. The highest BCUT2D eigenvalue weighted by atomic mass is 19.4. The summed E-state index contributed by atoms with van der Waals surface area (Å²) in [4.78, 5) is 13.8. The molecule has 0 aliphatic carbocycles. The largest absolute Gasteiger partial charge is 0.401 e. The number of rotatable bonds is 5. The number of ether oxygens (including phenoxy) is 1. The summed E-state index contributed by atoms with van der Waals surface area (Å²) in [6.07, 6.45) is -2.69. The van der Waals surface area contributed by atoms with E-state index in [0.717, 1.165) is 5.56 Å². The summed E-state index contributed by atoms with van der Waals surface area (Å²) in [5, 5.41) is 10.7. The van der Waals surface area contributed by atoms with Crippen molar-refractivity contribution < 1.29 is 22.7 Å². The van der Waals surface area contributed by atoms with Gasteiger partial charge in [-0.3, -0.25) is 14.4 Å². The van der Waals surface area contributed by atoms with E-state index in [0.29, 0.717) is 31.0 Å². The van der Waals surface area contributed by atoms with Gasteiger partial charge in [0.1, 0.15) is 0 Å². The van der Waals surface area contributed by atoms with Gasteiger partial charge in [0.15, 0.2) is 5.69 Å². The van der Waals surface area contributed by atoms with Crippen LogP contribution in [0.25, 0.3) is 0 Å². The highest BCUT2D eigenvalue weighted by Crippen LogP contribution is 2.32. The van der Waals surface area contributed by atoms with Gasteiger partial charge in [0.2, 0.25) is 0 Å². The first kappa shape index (κ1) is 18.9. The average molecular weight is 395 g/mol. The molecule has 150 valence electrons. The van der Waals surface area contributed by atoms with Gasteiger partial charge in [-0.2, -0.15) is 13.2 Å². The number of nitrogens with zero attached hydrogens (tertiary/aromatic N) is 4. The Labute approximate surface area is 159 Å². The van der Waals surface area contributed by atoms with Crippen LogP contribution in [0, 0.1) is 5.41 Å². The first-order valence-corrected chi connectivity index (χ1v) is 8.90. The van der Waals surface area contributed by atoms with Crippen LogP contribution in [0.5, 0.6) is 0 Å². The smallest absolute Gasteiger partial charge is 0.380 e. The molecule has 3 heterocycles. The van der Waals surface area contributed by atoms with E-state index >= 15 is 0 Å². The second-order valence-corrected chi connectivity index (χ2v) is 7.76. The number of benzene rings is 1. The number of carbonyl (C=O) groups is 1. The third kappa shape index (κ3) is 4.02. The number of carbonyl (C=O) groups excluding carboxylic acids is 1. The molecular weight excluding hydrogens is 375 g/mol. The molecule has 0 radical (unpaired) electrons. The predicted molar refractivity (Wildman–Crippen MR) is 93.5 cm³/mol. The Morgan fingerprint density at radius 2 is 2.11 bits per heavy atom. The Bertz CT molecular complexity index is 892. The van der Waals surface area contributed by atoms with Gasteiger partial charge in [0.05, 0.1) is 32.5 Å². The molecule has 28 heavy (non-hydrogen) atoms. The quantitative estimate of drug-likeness (QED) is 0.842. The molecule has 1 aromatic heterocycles. The van der Waals surface area contributed by atoms with Crippen molar-refractivity contribution >= 4 is 11.6 Å². The molecule has 1 saturated heterocycles. The Morgan fingerprint density at radius 1 is 1.32 bits per heavy atom. The number of halogens is 3. The summed E-state index contributed by atoms with van der Waals surface area (Å²) in [6.45, 7) is 3.30. The minimum absolute atomic E-state index is 0.0103. The fourth-order valence-electron chi connectivity index (χ4n) is 3.57. The van der Waals surface area contributed by atoms with E-state index in [-0.39, 0.29) is 24.2 Å². The van der Waals surface area contributed by atoms with Crippen molar-refractivity contribution in [1.29, 1.82) is 0 Å². The highest BCUT2D eigenvalue weighted by molar-refractivity contribution is 6.03. The van der Waals surface area contributed by atoms with Gasteiger partial charge in [0, 0.05) is 24.2 Å². The van der Waals surface area contributed by atoms with Gasteiger partial charge in [-0.1, -0.05) is 24.3 Å². The number of hydrogen-bond acceptors (Lipinski definition) is 5. The Morgan fingerprint density at radius 3 is 2.79 bits per heavy atom. The molecule has 1 N–H and O–H groups in total. The van der Waals surface area contributed by atoms with E-state index in [2.05, 4.69) is 22.6 Å². The first-order valence-electron chi connectivity index (χ1n) is 8.90. The Balaban J connectivity index is 1.44. The summed E-state index contributed by atoms with van der Waals surface area (Å²) >= 11 is 0. The monoisotopic (exact) mass is 395 g/mol. The van der Waals surface area contributed by atoms with Gasteiger partial charge in [-0.15, -0.1) is 5.10 Å². The van der Waals surface area contributed by atoms with Crippen LogP contribution in [0.2, 0.25) is 0 Å². The molecule has 0 bridgehead atoms. The van der Waals surface area contributed by atoms with E-state index < -0.39 is 18.6 Å². The second-order valence-electron chi connectivity index (χ2n) is 7.76. The minimum Gasteiger partial charge on any atom is -0.380 e. The van der Waals surface area contributed by atoms with Crippen LogP contribution in [-0.2, 0) is 24.4 Å². The molecule has 2 aromatic rings. The lowest BCUT2D eigenvalue weighted by atomic mass is 9.89. The SMILES string of the molecule is CC1(Cn2cc(C(=O)Nc3cccc4c3CN(CC(F)(F)F)C4)nn2)COC1. The zero-order valence-corrected chi connectivity index (χ0v) is 15.3. The topological polar surface area (TPSA) is 72.3 Å². The lowest BCUT2D eigenvalue weighted by Gasteiger charge is -2.37. The fourth-order valence-corrected chi connectivity index (χ4v) is 3.57. The molecule has 7 nitrogen and oxygen atoms in total. The second kappa shape index (κ2) is 6.85. The van der Waals surface area contributed by atoms with Gasteiger partial charge in [-0.05, 0) is 17.2 Å². The maximum absolute atomic E-state index is 12.7. The zero-order chi connectivity index (χ0) is 19.9. The number of alkyl halides is 3. The predicted octanol–water partition coefficient (Wildman–Crippen LogP) is 2.44. The number of hydrogen-bond donors (Lipinski definition) is 1. The lowest BCUT2D eigenvalue weighted by Crippen LogP contribution is -2.43. The molecule has 0 atom stereocenters. The van der Waals surface area contributed by atoms with Crippen molar-refractivity contribution in [3.63, 3.8) is 0 Å². The van der Waals surface area contributed by atoms with Gasteiger partial charge in [0.25, 0.3) is 5.91 Å². The number of anilines is 1. The molecular formula is C18H20F3N5O2. The first-order chi connectivity index (χ1) is 13.2. The third-order valence-corrected chi connectivity index (χ3v) is 4.92. The van der Waals surface area contributed by atoms with Crippen molar-refractivity contribution in [3.05, 3.63) is 41.2 Å². The van der Waals surface area contributed by atoms with Crippen LogP contribution >= 0.6 is 0 Å². The van der Waals surface area contributed by atoms with Crippen LogP contribution in [-0.4, -0.2) is 51.7 Å². The van der Waals surface area contributed by atoms with E-state index in [1.165, 1.54) is 4.90 Å². The molecule has 2 aliphatic rings. The molecule has 0 saturated carbocycles. The van der Waals surface area contributed by atoms with Crippen molar-refractivity contribution in [2.45, 2.75) is 32.7 Å². The van der Waals surface area contributed by atoms with Crippen molar-refractivity contribution in [2.75, 3.05) is 25.1 Å². The van der Waals surface area contributed by atoms with Gasteiger partial charge < -0.3 is 10.1 Å². The van der Waals surface area contributed by atoms with Gasteiger partial charge in [-0.25, -0.2) is 0 Å². The number of amides is 1. The molecule has 1 aromatic carbocycles. The summed E-state index contributed by atoms with van der Waals surface area (Å²) in [6, 6.07) is 5.18. The summed E-state index contributed by atoms with van der Waals surface area (Å²) < 4.78 is 44.8. The van der Waals surface area contributed by atoms with Crippen LogP contribution in [0.3, 0.4) is 0 Å². The van der Waals surface area contributed by atoms with E-state index in [4.69, 9.17) is 4.74 Å². The molecule has 1 amide bonds. The molecule has 0 unspecified atom stereocenters. The van der Waals surface area contributed by atoms with Crippen molar-refractivity contribution in [2.24, 2.45) is 5.41 Å². The van der Waals surface area contributed by atoms with Crippen molar-refractivity contribution in [3.8, 4) is 0 Å². The Kier molecular flexibility index (Phi) is 4.62. The van der Waals surface area contributed by atoms with E-state index in [9.17, 15) is 18.0 Å². The maximum atomic E-state index is 12.7. The molecule has 4 rings (SSSR count). The number of aromatic nitrogens is 3. The average Bonchev–Trinajstić information content (AvgIpc) is 3.18. The van der Waals surface area contributed by atoms with E-state index in [1.54, 1.807) is 29.1 Å². The maximum Gasteiger partial charge on any atom is 0.401 e. The molecule has 2 aliphatic heterocycles. The zero-order valence-electron chi connectivity index (χ0n) is 15.3. The van der Waals surface area contributed by atoms with Crippen LogP contribution in [0.4, 0.5) is 18.9 Å². The standard InChI is InChI=1S/C18H20F3N5O2/c1-17(10-28-11-17)8-26-7-15(23-24-26)16(27)22-14-4-2-3-12-5-25(6-13(12)14)9-18(19,20)21/h2-4,7H,5-6,8-11H2,1H3,(H,22,27). The van der Waals surface area contributed by atoms with Crippen LogP contribution in [0.1, 0.15) is 28.5 Å². The fraction of sp³-hybridized carbons (Fsp3) is 0.500. The van der Waals surface area contributed by atoms with Crippen LogP contribution < -0.4 is 5.32 Å². The highest BCUT2D eigenvalue weighted by Gasteiger charge is 2.35. The normalized spacial score (nSPS) is 18.6. The summed E-state index contributed by atoms with van der Waals surface area (Å²) in [5.41, 5.74) is 2.13.